The third-order valence-electron chi connectivity index (χ3n) is 5.94. The van der Waals surface area contributed by atoms with Gasteiger partial charge in [0.15, 0.2) is 18.0 Å². The number of phenols is 1. The molecule has 8 nitrogen and oxygen atoms in total. The van der Waals surface area contributed by atoms with Crippen LogP contribution in [-0.2, 0) is 15.0 Å². The van der Waals surface area contributed by atoms with Gasteiger partial charge in [-0.25, -0.2) is 0 Å². The van der Waals surface area contributed by atoms with Crippen LogP contribution in [0.25, 0.3) is 0 Å². The van der Waals surface area contributed by atoms with E-state index in [4.69, 9.17) is 14.2 Å². The van der Waals surface area contributed by atoms with Crippen molar-refractivity contribution in [1.82, 2.24) is 0 Å². The molecule has 3 N–H and O–H groups in total. The summed E-state index contributed by atoms with van der Waals surface area (Å²) in [7, 11) is 0. The van der Waals surface area contributed by atoms with Gasteiger partial charge in [-0.1, -0.05) is 33.8 Å². The van der Waals surface area contributed by atoms with E-state index in [2.05, 4.69) is 24.5 Å². The molecule has 4 rings (SSSR count). The highest BCUT2D eigenvalue weighted by Gasteiger charge is 2.40. The van der Waals surface area contributed by atoms with Gasteiger partial charge in [-0.15, -0.1) is 0 Å². The lowest BCUT2D eigenvalue weighted by Crippen LogP contribution is -2.46. The van der Waals surface area contributed by atoms with Crippen LogP contribution in [0.2, 0.25) is 0 Å². The summed E-state index contributed by atoms with van der Waals surface area (Å²) >= 11 is 0. The van der Waals surface area contributed by atoms with Gasteiger partial charge in [0.2, 0.25) is 0 Å². The summed E-state index contributed by atoms with van der Waals surface area (Å²) in [6.45, 7) is 11.8. The van der Waals surface area contributed by atoms with E-state index in [0.29, 0.717) is 22.9 Å². The predicted octanol–water partition coefficient (Wildman–Crippen LogP) is 4.31. The maximum atomic E-state index is 12.3. The fourth-order valence-corrected chi connectivity index (χ4v) is 3.95. The molecule has 2 heterocycles. The molecule has 0 radical (unpaired) electrons. The Balaban J connectivity index is 1.64. The van der Waals surface area contributed by atoms with Crippen LogP contribution in [-0.4, -0.2) is 35.7 Å². The Bertz CT molecular complexity index is 1140. The molecular formula is C25H30N2O6. The molecule has 0 aromatic heterocycles. The van der Waals surface area contributed by atoms with Crippen LogP contribution in [0.15, 0.2) is 24.3 Å². The van der Waals surface area contributed by atoms with Gasteiger partial charge in [0.1, 0.15) is 22.9 Å². The SMILES string of the molecule is CC(C)c1cc(OCC(C)(C)c2ccc(O)c3c2OC(C)(C)C(=O)N3)cc2c1OCC(=O)N2. The summed E-state index contributed by atoms with van der Waals surface area (Å²) in [4.78, 5) is 24.1. The lowest BCUT2D eigenvalue weighted by atomic mass is 9.83. The van der Waals surface area contributed by atoms with Gasteiger partial charge in [-0.3, -0.25) is 9.59 Å². The number of ether oxygens (including phenoxy) is 3. The number of anilines is 2. The quantitative estimate of drug-likeness (QED) is 0.581. The van der Waals surface area contributed by atoms with Gasteiger partial charge in [-0.2, -0.15) is 0 Å². The molecule has 0 atom stereocenters. The van der Waals surface area contributed by atoms with Gasteiger partial charge in [0, 0.05) is 22.6 Å². The predicted molar refractivity (Wildman–Crippen MR) is 125 cm³/mol. The molecule has 2 aliphatic rings. The summed E-state index contributed by atoms with van der Waals surface area (Å²) in [5.41, 5.74) is 0.997. The number of carbonyl (C=O) groups is 2. The number of carbonyl (C=O) groups excluding carboxylic acids is 2. The molecular weight excluding hydrogens is 424 g/mol. The average molecular weight is 455 g/mol. The Morgan fingerprint density at radius 3 is 2.58 bits per heavy atom. The molecule has 0 spiro atoms. The Labute approximate surface area is 193 Å². The Kier molecular flexibility index (Phi) is 5.42. The van der Waals surface area contributed by atoms with Crippen LogP contribution in [0, 0.1) is 0 Å². The number of rotatable bonds is 5. The van der Waals surface area contributed by atoms with E-state index in [1.807, 2.05) is 19.9 Å². The zero-order valence-electron chi connectivity index (χ0n) is 19.8. The molecule has 2 aromatic rings. The fraction of sp³-hybridized carbons (Fsp3) is 0.440. The molecule has 2 aromatic carbocycles. The fourth-order valence-electron chi connectivity index (χ4n) is 3.95. The number of benzene rings is 2. The van der Waals surface area contributed by atoms with Crippen molar-refractivity contribution < 1.29 is 28.9 Å². The van der Waals surface area contributed by atoms with Crippen molar-refractivity contribution in [1.29, 1.82) is 0 Å². The molecule has 0 saturated carbocycles. The second-order valence-corrected chi connectivity index (χ2v) is 9.96. The highest BCUT2D eigenvalue weighted by molar-refractivity contribution is 6.02. The molecule has 2 aliphatic heterocycles. The highest BCUT2D eigenvalue weighted by Crippen LogP contribution is 2.47. The van der Waals surface area contributed by atoms with Crippen molar-refractivity contribution in [2.24, 2.45) is 0 Å². The van der Waals surface area contributed by atoms with E-state index < -0.39 is 11.0 Å². The maximum absolute atomic E-state index is 12.3. The van der Waals surface area contributed by atoms with Gasteiger partial charge >= 0.3 is 0 Å². The summed E-state index contributed by atoms with van der Waals surface area (Å²) in [5.74, 6) is 1.31. The van der Waals surface area contributed by atoms with Gasteiger partial charge < -0.3 is 30.0 Å². The van der Waals surface area contributed by atoms with Crippen LogP contribution in [0.3, 0.4) is 0 Å². The molecule has 0 unspecified atom stereocenters. The topological polar surface area (TPSA) is 106 Å². The standard InChI is InChI=1S/C25H30N2O6/c1-13(2)15-9-14(10-17-21(15)31-11-19(29)26-17)32-12-24(3,4)16-7-8-18(28)20-22(16)33-25(5,6)23(30)27-20/h7-10,13,28H,11-12H2,1-6H3,(H,26,29)(H,27,30). The molecule has 0 saturated heterocycles. The zero-order chi connectivity index (χ0) is 24.1. The van der Waals surface area contributed by atoms with Crippen molar-refractivity contribution >= 4 is 23.2 Å². The number of fused-ring (bicyclic) bond motifs is 2. The van der Waals surface area contributed by atoms with Crippen LogP contribution >= 0.6 is 0 Å². The normalized spacial score (nSPS) is 16.7. The maximum Gasteiger partial charge on any atom is 0.268 e. The minimum absolute atomic E-state index is 0.00119. The first-order chi connectivity index (χ1) is 15.4. The molecule has 8 heteroatoms. The van der Waals surface area contributed by atoms with E-state index in [-0.39, 0.29) is 42.4 Å². The van der Waals surface area contributed by atoms with Crippen LogP contribution in [0.4, 0.5) is 11.4 Å². The first-order valence-electron chi connectivity index (χ1n) is 11.0. The van der Waals surface area contributed by atoms with Crippen LogP contribution < -0.4 is 24.8 Å². The molecule has 176 valence electrons. The van der Waals surface area contributed by atoms with Gasteiger partial charge in [0.05, 0.1) is 12.3 Å². The summed E-state index contributed by atoms with van der Waals surface area (Å²) in [5, 5.41) is 15.9. The average Bonchev–Trinajstić information content (AvgIpc) is 2.72. The Morgan fingerprint density at radius 1 is 1.15 bits per heavy atom. The number of hydrogen-bond acceptors (Lipinski definition) is 6. The summed E-state index contributed by atoms with van der Waals surface area (Å²) < 4.78 is 17.9. The lowest BCUT2D eigenvalue weighted by Gasteiger charge is -2.36. The minimum Gasteiger partial charge on any atom is -0.506 e. The second-order valence-electron chi connectivity index (χ2n) is 9.96. The van der Waals surface area contributed by atoms with Crippen LogP contribution in [0.1, 0.15) is 58.6 Å². The van der Waals surface area contributed by atoms with Crippen molar-refractivity contribution in [3.8, 4) is 23.0 Å². The van der Waals surface area contributed by atoms with Crippen LogP contribution in [0.5, 0.6) is 23.0 Å². The molecule has 0 fully saturated rings. The number of nitrogens with one attached hydrogen (secondary N) is 2. The van der Waals surface area contributed by atoms with Crippen molar-refractivity contribution in [2.75, 3.05) is 23.8 Å². The van der Waals surface area contributed by atoms with E-state index in [0.717, 1.165) is 11.1 Å². The van der Waals surface area contributed by atoms with Gasteiger partial charge in [0.25, 0.3) is 11.8 Å². The van der Waals surface area contributed by atoms with E-state index in [1.165, 1.54) is 0 Å². The van der Waals surface area contributed by atoms with Crippen molar-refractivity contribution in [3.63, 3.8) is 0 Å². The first kappa shape index (κ1) is 22.8. The third-order valence-corrected chi connectivity index (χ3v) is 5.94. The van der Waals surface area contributed by atoms with E-state index in [1.54, 1.807) is 32.0 Å². The summed E-state index contributed by atoms with van der Waals surface area (Å²) in [6, 6.07) is 7.02. The highest BCUT2D eigenvalue weighted by atomic mass is 16.5. The summed E-state index contributed by atoms with van der Waals surface area (Å²) in [6.07, 6.45) is 0. The number of phenolic OH excluding ortho intramolecular Hbond substituents is 1. The molecule has 0 aliphatic carbocycles. The number of aromatic hydroxyl groups is 1. The zero-order valence-corrected chi connectivity index (χ0v) is 19.8. The first-order valence-corrected chi connectivity index (χ1v) is 11.0. The Hall–Kier alpha value is -3.42. The Morgan fingerprint density at radius 2 is 1.88 bits per heavy atom. The van der Waals surface area contributed by atoms with E-state index >= 15 is 0 Å². The monoisotopic (exact) mass is 454 g/mol. The van der Waals surface area contributed by atoms with Crippen molar-refractivity contribution in [2.45, 2.75) is 58.5 Å². The van der Waals surface area contributed by atoms with Crippen molar-refractivity contribution in [3.05, 3.63) is 35.4 Å². The number of amides is 2. The molecule has 0 bridgehead atoms. The lowest BCUT2D eigenvalue weighted by molar-refractivity contribution is -0.129. The largest absolute Gasteiger partial charge is 0.506 e. The minimum atomic E-state index is -1.07. The number of hydrogen-bond donors (Lipinski definition) is 3. The van der Waals surface area contributed by atoms with Gasteiger partial charge in [-0.05, 0) is 31.9 Å². The molecule has 33 heavy (non-hydrogen) atoms. The smallest absolute Gasteiger partial charge is 0.268 e. The van der Waals surface area contributed by atoms with E-state index in [9.17, 15) is 14.7 Å². The second kappa shape index (κ2) is 7.86. The third kappa shape index (κ3) is 4.17. The molecule has 2 amide bonds.